The molecule has 0 saturated carbocycles. The van der Waals surface area contributed by atoms with E-state index in [1.165, 1.54) is 0 Å². The van der Waals surface area contributed by atoms with Crippen molar-refractivity contribution in [3.05, 3.63) is 0 Å². The molecule has 2 nitrogen and oxygen atoms in total. The van der Waals surface area contributed by atoms with Crippen molar-refractivity contribution in [3.8, 4) is 0 Å². The van der Waals surface area contributed by atoms with Gasteiger partial charge in [0.05, 0.1) is 0 Å². The van der Waals surface area contributed by atoms with Gasteiger partial charge in [-0.2, -0.15) is 0 Å². The molecule has 0 aliphatic rings. The van der Waals surface area contributed by atoms with Crippen molar-refractivity contribution in [1.29, 1.82) is 0 Å². The Morgan fingerprint density at radius 3 is 0.909 bits per heavy atom. The predicted molar refractivity (Wildman–Crippen MR) is 41.1 cm³/mol. The predicted octanol–water partition coefficient (Wildman–Crippen LogP) is 1.50. The minimum atomic E-state index is 0. The van der Waals surface area contributed by atoms with E-state index in [4.69, 9.17) is 0 Å². The van der Waals surface area contributed by atoms with Crippen LogP contribution in [0.1, 0.15) is 27.7 Å². The summed E-state index contributed by atoms with van der Waals surface area (Å²) in [5.41, 5.74) is 0. The van der Waals surface area contributed by atoms with Gasteiger partial charge in [-0.15, -0.1) is 11.8 Å². The minimum absolute atomic E-state index is 0. The Kier molecular flexibility index (Phi) is 21.0. The largest absolute Gasteiger partial charge is 0.542 e. The van der Waals surface area contributed by atoms with Crippen molar-refractivity contribution in [2.24, 2.45) is 11.8 Å². The molecule has 0 atom stereocenters. The van der Waals surface area contributed by atoms with Crippen LogP contribution in [-0.2, 0) is 9.59 Å². The van der Waals surface area contributed by atoms with Gasteiger partial charge in [0, 0.05) is 35.6 Å². The summed E-state index contributed by atoms with van der Waals surface area (Å²) < 4.78 is 0. The normalized spacial score (nSPS) is 7.82. The molecule has 0 fully saturated rings. The quantitative estimate of drug-likeness (QED) is 0.719. The van der Waals surface area contributed by atoms with Gasteiger partial charge in [-0.05, 0) is 0 Å². The van der Waals surface area contributed by atoms with Crippen molar-refractivity contribution < 1.29 is 45.2 Å². The van der Waals surface area contributed by atoms with Crippen molar-refractivity contribution >= 4 is 12.6 Å². The maximum absolute atomic E-state index is 9.38. The Hall–Kier alpha value is 0.535. The van der Waals surface area contributed by atoms with Gasteiger partial charge in [0.2, 0.25) is 0 Å². The molecule has 0 aromatic carbocycles. The van der Waals surface area contributed by atoms with Gasteiger partial charge in [0.15, 0.2) is 0 Å². The summed E-state index contributed by atoms with van der Waals surface area (Å²) in [5, 5.41) is 0. The first-order chi connectivity index (χ1) is 4.54. The van der Waals surface area contributed by atoms with E-state index in [0.29, 0.717) is 0 Å². The maximum atomic E-state index is 9.38. The van der Waals surface area contributed by atoms with Crippen LogP contribution in [0.4, 0.5) is 0 Å². The van der Waals surface area contributed by atoms with Crippen molar-refractivity contribution in [1.82, 2.24) is 0 Å². The second-order valence-corrected chi connectivity index (χ2v) is 2.55. The van der Waals surface area contributed by atoms with Crippen LogP contribution in [0, 0.1) is 47.4 Å². The van der Waals surface area contributed by atoms with E-state index in [1.807, 2.05) is 0 Å². The van der Waals surface area contributed by atoms with Gasteiger partial charge in [-0.25, -0.2) is 0 Å². The van der Waals surface area contributed by atoms with Crippen LogP contribution in [0.3, 0.4) is 0 Å². The van der Waals surface area contributed by atoms with Crippen LogP contribution in [0.5, 0.6) is 0 Å². The third-order valence-electron chi connectivity index (χ3n) is 0.471. The van der Waals surface area contributed by atoms with Crippen LogP contribution in [0.2, 0.25) is 0 Å². The summed E-state index contributed by atoms with van der Waals surface area (Å²) in [7, 11) is 0. The maximum Gasteiger partial charge on any atom is 0 e. The Balaban J connectivity index is -0.000000107. The van der Waals surface area contributed by atoms with Crippen molar-refractivity contribution in [2.45, 2.75) is 27.7 Å². The van der Waals surface area contributed by atoms with E-state index in [9.17, 15) is 9.59 Å². The Bertz CT molecular complexity index is 78.1. The first-order valence-corrected chi connectivity index (χ1v) is 3.29. The van der Waals surface area contributed by atoms with Crippen LogP contribution in [-0.4, -0.2) is 12.6 Å². The number of hydrogen-bond donors (Lipinski definition) is 0. The molecule has 0 aliphatic heterocycles. The monoisotopic (exact) mass is 281 g/mol. The van der Waals surface area contributed by atoms with Gasteiger partial charge >= 0.3 is 0 Å². The summed E-state index contributed by atoms with van der Waals surface area (Å²) in [6.07, 6.45) is 3.56. The molecule has 1 radical (unpaired) electrons. The zero-order chi connectivity index (χ0) is 8.57. The second kappa shape index (κ2) is 13.1. The van der Waals surface area contributed by atoms with Crippen molar-refractivity contribution in [3.63, 3.8) is 0 Å². The van der Waals surface area contributed by atoms with E-state index in [0.717, 1.165) is 0 Å². The average molecular weight is 281 g/mol. The first-order valence-electron chi connectivity index (χ1n) is 3.29. The first kappa shape index (κ1) is 17.6. The second-order valence-electron chi connectivity index (χ2n) is 2.55. The van der Waals surface area contributed by atoms with E-state index in [1.54, 1.807) is 40.3 Å². The number of carbonyl (C=O) groups excluding carboxylic acids is 2. The standard InChI is InChI=1S/2C4H7O.La/c2*1-4(2)3-5;/h2*4H,1-2H3;/q2*-1;. The van der Waals surface area contributed by atoms with Crippen LogP contribution < -0.4 is 0 Å². The van der Waals surface area contributed by atoms with Gasteiger partial charge in [-0.1, -0.05) is 27.7 Å². The van der Waals surface area contributed by atoms with E-state index in [2.05, 4.69) is 0 Å². The molecule has 0 aromatic heterocycles. The number of hydrogen-bond acceptors (Lipinski definition) is 2. The molecule has 0 bridgehead atoms. The molecule has 0 spiro atoms. The van der Waals surface area contributed by atoms with Crippen LogP contribution in [0.25, 0.3) is 0 Å². The Morgan fingerprint density at radius 2 is 0.909 bits per heavy atom. The SMILES string of the molecule is CC(C)[C-]=O.CC(C)[C-]=O.[La]. The molecule has 0 aliphatic carbocycles. The van der Waals surface area contributed by atoms with Gasteiger partial charge in [-0.3, -0.25) is 12.6 Å². The Labute approximate surface area is 96.7 Å². The molecule has 3 heteroatoms. The molecule has 0 N–H and O–H groups in total. The molecular formula is C8H14LaO2-2. The van der Waals surface area contributed by atoms with Gasteiger partial charge < -0.3 is 9.59 Å². The third-order valence-corrected chi connectivity index (χ3v) is 0.471. The fourth-order valence-electron chi connectivity index (χ4n) is 0. The van der Waals surface area contributed by atoms with E-state index < -0.39 is 0 Å². The van der Waals surface area contributed by atoms with E-state index >= 15 is 0 Å². The molecule has 11 heavy (non-hydrogen) atoms. The van der Waals surface area contributed by atoms with Gasteiger partial charge in [0.25, 0.3) is 0 Å². The average Bonchev–Trinajstić information content (AvgIpc) is 1.89. The number of rotatable bonds is 2. The molecule has 0 amide bonds. The Morgan fingerprint density at radius 1 is 0.818 bits per heavy atom. The fourth-order valence-corrected chi connectivity index (χ4v) is 0. The van der Waals surface area contributed by atoms with E-state index in [-0.39, 0.29) is 47.4 Å². The molecule has 63 valence electrons. The smallest absolute Gasteiger partial charge is 0 e. The topological polar surface area (TPSA) is 34.1 Å². The summed E-state index contributed by atoms with van der Waals surface area (Å²) in [4.78, 5) is 18.8. The van der Waals surface area contributed by atoms with Crippen LogP contribution >= 0.6 is 0 Å². The summed E-state index contributed by atoms with van der Waals surface area (Å²) >= 11 is 0. The third kappa shape index (κ3) is 37.3. The zero-order valence-electron chi connectivity index (χ0n) is 7.55. The molecular weight excluding hydrogens is 267 g/mol. The summed E-state index contributed by atoms with van der Waals surface area (Å²) in [5.74, 6) is 0.157. The molecule has 0 aromatic rings. The zero-order valence-corrected chi connectivity index (χ0v) is 11.2. The van der Waals surface area contributed by atoms with Gasteiger partial charge in [0.1, 0.15) is 0 Å². The fraction of sp³-hybridized carbons (Fsp3) is 0.750. The molecule has 0 saturated heterocycles. The molecule has 0 rings (SSSR count). The summed E-state index contributed by atoms with van der Waals surface area (Å²) in [6, 6.07) is 0. The summed E-state index contributed by atoms with van der Waals surface area (Å²) in [6.45, 7) is 7.19. The molecule has 0 heterocycles. The molecule has 0 unspecified atom stereocenters. The van der Waals surface area contributed by atoms with Crippen molar-refractivity contribution in [2.75, 3.05) is 0 Å². The minimum Gasteiger partial charge on any atom is -0.542 e. The van der Waals surface area contributed by atoms with Crippen LogP contribution in [0.15, 0.2) is 0 Å².